The zero-order chi connectivity index (χ0) is 6.69. The van der Waals surface area contributed by atoms with Gasteiger partial charge in [0.2, 0.25) is 0 Å². The lowest BCUT2D eigenvalue weighted by Crippen LogP contribution is -2.02. The van der Waals surface area contributed by atoms with E-state index in [0.717, 1.165) is 6.42 Å². The minimum Gasteiger partial charge on any atom is -0.472 e. The molecule has 1 aromatic heterocycles. The van der Waals surface area contributed by atoms with Crippen molar-refractivity contribution in [3.8, 4) is 0 Å². The van der Waals surface area contributed by atoms with Crippen LogP contribution in [0.25, 0.3) is 0 Å². The third-order valence-electron chi connectivity index (χ3n) is 1.38. The summed E-state index contributed by atoms with van der Waals surface area (Å²) in [5.74, 6) is 0. The molecular weight excluding hydrogens is 114 g/mol. The van der Waals surface area contributed by atoms with E-state index in [4.69, 9.17) is 10.2 Å². The van der Waals surface area contributed by atoms with E-state index in [9.17, 15) is 0 Å². The summed E-state index contributed by atoms with van der Waals surface area (Å²) in [5.41, 5.74) is 7.76. The highest BCUT2D eigenvalue weighted by molar-refractivity contribution is 5.18. The molecule has 1 rings (SSSR count). The Morgan fingerprint density at radius 1 is 1.56 bits per heavy atom. The van der Waals surface area contributed by atoms with Gasteiger partial charge in [0.05, 0.1) is 12.5 Å². The average Bonchev–Trinajstić information content (AvgIpc) is 2.18. The van der Waals surface area contributed by atoms with Crippen LogP contribution >= 0.6 is 0 Å². The third kappa shape index (κ3) is 1.33. The monoisotopic (exact) mass is 125 g/mol. The van der Waals surface area contributed by atoms with Gasteiger partial charge in [-0.3, -0.25) is 0 Å². The summed E-state index contributed by atoms with van der Waals surface area (Å²) in [6.07, 6.45) is 4.41. The van der Waals surface area contributed by atoms with Crippen LogP contribution in [0.5, 0.6) is 0 Å². The van der Waals surface area contributed by atoms with E-state index in [1.165, 1.54) is 11.1 Å². The maximum Gasteiger partial charge on any atom is 0.0937 e. The average molecular weight is 125 g/mol. The van der Waals surface area contributed by atoms with Gasteiger partial charge in [-0.1, -0.05) is 0 Å². The van der Waals surface area contributed by atoms with Crippen LogP contribution in [-0.4, -0.2) is 6.54 Å². The summed E-state index contributed by atoms with van der Waals surface area (Å²) in [6.45, 7) is 2.72. The standard InChI is InChI=1S/C7H11NO/c1-6-4-9-5-7(6)2-3-8/h4-5H,2-3,8H2,1H3. The maximum absolute atomic E-state index is 5.35. The van der Waals surface area contributed by atoms with Crippen molar-refractivity contribution in [2.45, 2.75) is 13.3 Å². The molecule has 0 amide bonds. The molecule has 0 fully saturated rings. The van der Waals surface area contributed by atoms with Gasteiger partial charge in [0.25, 0.3) is 0 Å². The summed E-state index contributed by atoms with van der Waals surface area (Å²) in [7, 11) is 0. The van der Waals surface area contributed by atoms with Crippen LogP contribution in [0.15, 0.2) is 16.9 Å². The van der Waals surface area contributed by atoms with E-state index in [1.807, 2.05) is 6.92 Å². The Kier molecular flexibility index (Phi) is 1.90. The zero-order valence-electron chi connectivity index (χ0n) is 5.55. The van der Waals surface area contributed by atoms with Crippen LogP contribution in [0.3, 0.4) is 0 Å². The SMILES string of the molecule is Cc1cocc1CCN. The molecule has 50 valence electrons. The Morgan fingerprint density at radius 3 is 2.78 bits per heavy atom. The van der Waals surface area contributed by atoms with Crippen LogP contribution in [0, 0.1) is 6.92 Å². The second kappa shape index (κ2) is 2.69. The second-order valence-corrected chi connectivity index (χ2v) is 2.12. The molecule has 0 spiro atoms. The molecule has 2 nitrogen and oxygen atoms in total. The molecule has 0 aliphatic carbocycles. The van der Waals surface area contributed by atoms with Crippen LogP contribution in [0.4, 0.5) is 0 Å². The fraction of sp³-hybridized carbons (Fsp3) is 0.429. The Bertz CT molecular complexity index is 181. The van der Waals surface area contributed by atoms with Crippen molar-refractivity contribution in [3.05, 3.63) is 23.7 Å². The zero-order valence-corrected chi connectivity index (χ0v) is 5.55. The lowest BCUT2D eigenvalue weighted by Gasteiger charge is -1.90. The molecule has 0 aromatic carbocycles. The predicted octanol–water partition coefficient (Wildman–Crippen LogP) is 1.09. The van der Waals surface area contributed by atoms with Gasteiger partial charge < -0.3 is 10.2 Å². The summed E-state index contributed by atoms with van der Waals surface area (Å²) >= 11 is 0. The molecule has 0 unspecified atom stereocenters. The molecule has 9 heavy (non-hydrogen) atoms. The van der Waals surface area contributed by atoms with Gasteiger partial charge in [-0.05, 0) is 31.0 Å². The summed E-state index contributed by atoms with van der Waals surface area (Å²) in [6, 6.07) is 0. The molecule has 2 heteroatoms. The summed E-state index contributed by atoms with van der Waals surface area (Å²) < 4.78 is 4.94. The molecule has 0 atom stereocenters. The number of nitrogens with two attached hydrogens (primary N) is 1. The first kappa shape index (κ1) is 6.36. The molecule has 1 heterocycles. The first-order valence-electron chi connectivity index (χ1n) is 3.06. The third-order valence-corrected chi connectivity index (χ3v) is 1.38. The second-order valence-electron chi connectivity index (χ2n) is 2.12. The van der Waals surface area contributed by atoms with E-state index >= 15 is 0 Å². The topological polar surface area (TPSA) is 39.2 Å². The van der Waals surface area contributed by atoms with Crippen molar-refractivity contribution in [1.29, 1.82) is 0 Å². The predicted molar refractivity (Wildman–Crippen MR) is 36.2 cm³/mol. The van der Waals surface area contributed by atoms with Crippen molar-refractivity contribution < 1.29 is 4.42 Å². The van der Waals surface area contributed by atoms with Crippen molar-refractivity contribution in [3.63, 3.8) is 0 Å². The minimum absolute atomic E-state index is 0.695. The summed E-state index contributed by atoms with van der Waals surface area (Å²) in [4.78, 5) is 0. The first-order chi connectivity index (χ1) is 4.34. The molecule has 1 aromatic rings. The van der Waals surface area contributed by atoms with E-state index in [1.54, 1.807) is 12.5 Å². The highest BCUT2D eigenvalue weighted by Crippen LogP contribution is 2.07. The Hall–Kier alpha value is -0.760. The minimum atomic E-state index is 0.695. The van der Waals surface area contributed by atoms with E-state index in [0.29, 0.717) is 6.54 Å². The van der Waals surface area contributed by atoms with Gasteiger partial charge in [-0.2, -0.15) is 0 Å². The number of rotatable bonds is 2. The quantitative estimate of drug-likeness (QED) is 0.642. The van der Waals surface area contributed by atoms with Gasteiger partial charge in [0.15, 0.2) is 0 Å². The van der Waals surface area contributed by atoms with Gasteiger partial charge in [0.1, 0.15) is 0 Å². The van der Waals surface area contributed by atoms with Crippen LogP contribution < -0.4 is 5.73 Å². The fourth-order valence-electron chi connectivity index (χ4n) is 0.798. The first-order valence-corrected chi connectivity index (χ1v) is 3.06. The van der Waals surface area contributed by atoms with E-state index in [2.05, 4.69) is 0 Å². The lowest BCUT2D eigenvalue weighted by atomic mass is 10.2. The van der Waals surface area contributed by atoms with Crippen LogP contribution in [0.2, 0.25) is 0 Å². The fourth-order valence-corrected chi connectivity index (χ4v) is 0.798. The lowest BCUT2D eigenvalue weighted by molar-refractivity contribution is 0.562. The molecule has 0 saturated heterocycles. The van der Waals surface area contributed by atoms with Crippen molar-refractivity contribution >= 4 is 0 Å². The molecular formula is C7H11NO. The van der Waals surface area contributed by atoms with Crippen molar-refractivity contribution in [1.82, 2.24) is 0 Å². The molecule has 0 radical (unpaired) electrons. The number of hydrogen-bond acceptors (Lipinski definition) is 2. The molecule has 2 N–H and O–H groups in total. The van der Waals surface area contributed by atoms with Gasteiger partial charge in [0, 0.05) is 0 Å². The normalized spacial score (nSPS) is 10.0. The molecule has 0 bridgehead atoms. The number of hydrogen-bond donors (Lipinski definition) is 1. The maximum atomic E-state index is 5.35. The highest BCUT2D eigenvalue weighted by atomic mass is 16.3. The smallest absolute Gasteiger partial charge is 0.0937 e. The van der Waals surface area contributed by atoms with Gasteiger partial charge in [-0.15, -0.1) is 0 Å². The Morgan fingerprint density at radius 2 is 2.33 bits per heavy atom. The summed E-state index contributed by atoms with van der Waals surface area (Å²) in [5, 5.41) is 0. The largest absolute Gasteiger partial charge is 0.472 e. The van der Waals surface area contributed by atoms with Gasteiger partial charge >= 0.3 is 0 Å². The molecule has 0 aliphatic rings. The van der Waals surface area contributed by atoms with Crippen LogP contribution in [0.1, 0.15) is 11.1 Å². The molecule has 0 aliphatic heterocycles. The van der Waals surface area contributed by atoms with E-state index in [-0.39, 0.29) is 0 Å². The molecule has 0 saturated carbocycles. The highest BCUT2D eigenvalue weighted by Gasteiger charge is 1.96. The van der Waals surface area contributed by atoms with Crippen molar-refractivity contribution in [2.75, 3.05) is 6.54 Å². The van der Waals surface area contributed by atoms with Gasteiger partial charge in [-0.25, -0.2) is 0 Å². The number of furan rings is 1. The number of aryl methyl sites for hydroxylation is 1. The van der Waals surface area contributed by atoms with E-state index < -0.39 is 0 Å². The Labute approximate surface area is 54.7 Å². The Balaban J connectivity index is 2.69. The van der Waals surface area contributed by atoms with Crippen molar-refractivity contribution in [2.24, 2.45) is 5.73 Å². The van der Waals surface area contributed by atoms with Crippen LogP contribution in [-0.2, 0) is 6.42 Å².